The summed E-state index contributed by atoms with van der Waals surface area (Å²) >= 11 is 1.28. The number of aliphatic hydroxyl groups excluding tert-OH is 2. The molecule has 226 valence electrons. The molecule has 1 fully saturated rings. The second kappa shape index (κ2) is 12.0. The second-order valence-electron chi connectivity index (χ2n) is 11.0. The number of benzene rings is 1. The van der Waals surface area contributed by atoms with Crippen LogP contribution in [0.5, 0.6) is 5.75 Å². The van der Waals surface area contributed by atoms with E-state index in [0.29, 0.717) is 58.3 Å². The van der Waals surface area contributed by atoms with Gasteiger partial charge in [-0.25, -0.2) is 4.98 Å². The first kappa shape index (κ1) is 30.0. The van der Waals surface area contributed by atoms with Gasteiger partial charge in [0.2, 0.25) is 18.1 Å². The maximum Gasteiger partial charge on any atom is 0.261 e. The van der Waals surface area contributed by atoms with Crippen LogP contribution in [-0.2, 0) is 9.53 Å². The van der Waals surface area contributed by atoms with Gasteiger partial charge in [-0.1, -0.05) is 25.1 Å². The van der Waals surface area contributed by atoms with Crippen LogP contribution in [0.15, 0.2) is 41.1 Å². The molecule has 0 saturated heterocycles. The van der Waals surface area contributed by atoms with E-state index >= 15 is 0 Å². The van der Waals surface area contributed by atoms with E-state index in [4.69, 9.17) is 19.6 Å². The monoisotopic (exact) mass is 598 g/mol. The first-order valence-corrected chi connectivity index (χ1v) is 15.0. The number of primary amides is 1. The molecule has 0 bridgehead atoms. The minimum atomic E-state index is -1.52. The number of ether oxygens (including phenoxy) is 2. The molecule has 1 aromatic carbocycles. The molecular formula is C30H38N4O7S. The molecule has 1 saturated carbocycles. The van der Waals surface area contributed by atoms with Crippen molar-refractivity contribution in [1.82, 2.24) is 9.88 Å². The predicted molar refractivity (Wildman–Crippen MR) is 157 cm³/mol. The van der Waals surface area contributed by atoms with Crippen molar-refractivity contribution in [2.75, 3.05) is 18.6 Å². The molecule has 2 amide bonds. The van der Waals surface area contributed by atoms with E-state index in [1.165, 1.54) is 28.7 Å². The summed E-state index contributed by atoms with van der Waals surface area (Å²) < 4.78 is 18.0. The van der Waals surface area contributed by atoms with Crippen molar-refractivity contribution in [3.8, 4) is 16.5 Å². The number of amides is 2. The number of para-hydroxylation sites is 1. The number of rotatable bonds is 10. The fourth-order valence-corrected chi connectivity index (χ4v) is 7.09. The van der Waals surface area contributed by atoms with Gasteiger partial charge in [-0.3, -0.25) is 14.5 Å². The Balaban J connectivity index is 1.63. The highest BCUT2D eigenvalue weighted by Crippen LogP contribution is 2.48. The van der Waals surface area contributed by atoms with Crippen molar-refractivity contribution in [3.63, 3.8) is 0 Å². The number of fused-ring (bicyclic) bond motifs is 1. The highest BCUT2D eigenvalue weighted by atomic mass is 32.1. The lowest BCUT2D eigenvalue weighted by Gasteiger charge is -2.49. The third-order valence-electron chi connectivity index (χ3n) is 8.56. The van der Waals surface area contributed by atoms with Crippen LogP contribution < -0.4 is 15.4 Å². The van der Waals surface area contributed by atoms with Crippen molar-refractivity contribution < 1.29 is 33.7 Å². The minimum absolute atomic E-state index is 0.123. The molecule has 4 N–H and O–H groups in total. The Labute approximate surface area is 248 Å². The zero-order valence-electron chi connectivity index (χ0n) is 24.3. The summed E-state index contributed by atoms with van der Waals surface area (Å²) in [6.45, 7) is 5.25. The number of carbonyl (C=O) groups excluding carboxylic acids is 2. The average Bonchev–Trinajstić information content (AvgIpc) is 3.63. The molecular weight excluding hydrogens is 560 g/mol. The Morgan fingerprint density at radius 2 is 1.98 bits per heavy atom. The van der Waals surface area contributed by atoms with Crippen LogP contribution >= 0.6 is 11.3 Å². The topological polar surface area (TPSA) is 152 Å². The number of hydrogen-bond acceptors (Lipinski definition) is 10. The Kier molecular flexibility index (Phi) is 8.61. The van der Waals surface area contributed by atoms with Crippen LogP contribution in [0.1, 0.15) is 73.5 Å². The number of nitrogens with two attached hydrogens (primary N) is 1. The van der Waals surface area contributed by atoms with Crippen molar-refractivity contribution in [2.24, 2.45) is 5.73 Å². The number of oxazole rings is 1. The van der Waals surface area contributed by atoms with E-state index in [-0.39, 0.29) is 25.2 Å². The second-order valence-corrected chi connectivity index (χ2v) is 12.0. The van der Waals surface area contributed by atoms with E-state index in [1.54, 1.807) is 32.8 Å². The number of hydrogen-bond donors (Lipinski definition) is 3. The summed E-state index contributed by atoms with van der Waals surface area (Å²) in [7, 11) is 1.59. The maximum atomic E-state index is 14.1. The maximum absolute atomic E-state index is 14.1. The van der Waals surface area contributed by atoms with E-state index in [2.05, 4.69) is 4.98 Å². The molecule has 12 heteroatoms. The van der Waals surface area contributed by atoms with Gasteiger partial charge in [-0.05, 0) is 57.6 Å². The number of nitrogens with zero attached hydrogens (tertiary/aromatic N) is 3. The molecule has 0 radical (unpaired) electrons. The summed E-state index contributed by atoms with van der Waals surface area (Å²) in [5.41, 5.74) is 6.12. The normalized spacial score (nSPS) is 22.9. The van der Waals surface area contributed by atoms with Crippen molar-refractivity contribution >= 4 is 28.2 Å². The zero-order valence-corrected chi connectivity index (χ0v) is 25.1. The Morgan fingerprint density at radius 3 is 2.60 bits per heavy atom. The first-order valence-electron chi connectivity index (χ1n) is 14.2. The summed E-state index contributed by atoms with van der Waals surface area (Å²) in [5, 5.41) is 22.5. The molecule has 42 heavy (non-hydrogen) atoms. The van der Waals surface area contributed by atoms with Crippen molar-refractivity contribution in [1.29, 1.82) is 0 Å². The largest absolute Gasteiger partial charge is 0.496 e. The highest BCUT2D eigenvalue weighted by molar-refractivity contribution is 7.20. The van der Waals surface area contributed by atoms with Gasteiger partial charge in [0.05, 0.1) is 42.5 Å². The van der Waals surface area contributed by atoms with Crippen molar-refractivity contribution in [2.45, 2.75) is 83.1 Å². The van der Waals surface area contributed by atoms with Gasteiger partial charge >= 0.3 is 0 Å². The van der Waals surface area contributed by atoms with Crippen LogP contribution in [0.25, 0.3) is 10.8 Å². The van der Waals surface area contributed by atoms with E-state index in [9.17, 15) is 19.8 Å². The van der Waals surface area contributed by atoms with Crippen LogP contribution in [-0.4, -0.2) is 69.7 Å². The molecule has 2 unspecified atom stereocenters. The molecule has 5 rings (SSSR count). The van der Waals surface area contributed by atoms with E-state index in [0.717, 1.165) is 5.56 Å². The smallest absolute Gasteiger partial charge is 0.261 e. The van der Waals surface area contributed by atoms with Gasteiger partial charge in [0.15, 0.2) is 0 Å². The predicted octanol–water partition coefficient (Wildman–Crippen LogP) is 3.97. The molecule has 1 aliphatic heterocycles. The van der Waals surface area contributed by atoms with Gasteiger partial charge in [-0.2, -0.15) is 0 Å². The van der Waals surface area contributed by atoms with Gasteiger partial charge in [-0.15, -0.1) is 11.3 Å². The average molecular weight is 599 g/mol. The molecule has 3 atom stereocenters. The van der Waals surface area contributed by atoms with Crippen molar-refractivity contribution in [3.05, 3.63) is 53.4 Å². The lowest BCUT2D eigenvalue weighted by Crippen LogP contribution is -2.67. The van der Waals surface area contributed by atoms with Gasteiger partial charge < -0.3 is 34.7 Å². The first-order chi connectivity index (χ1) is 20.1. The van der Waals surface area contributed by atoms with E-state index in [1.807, 2.05) is 24.3 Å². The number of anilines is 1. The molecule has 2 aromatic heterocycles. The Hall–Kier alpha value is -3.45. The van der Waals surface area contributed by atoms with Gasteiger partial charge in [0.25, 0.3) is 5.91 Å². The minimum Gasteiger partial charge on any atom is -0.496 e. The summed E-state index contributed by atoms with van der Waals surface area (Å²) in [5.74, 6) is -0.247. The number of aromatic nitrogens is 1. The molecule has 3 aromatic rings. The van der Waals surface area contributed by atoms with E-state index < -0.39 is 29.8 Å². The lowest BCUT2D eigenvalue weighted by atomic mass is 9.92. The summed E-state index contributed by atoms with van der Waals surface area (Å²) in [4.78, 5) is 34.7. The summed E-state index contributed by atoms with van der Waals surface area (Å²) in [6.07, 6.45) is 3.26. The Morgan fingerprint density at radius 1 is 1.26 bits per heavy atom. The third kappa shape index (κ3) is 5.28. The number of carbonyl (C=O) groups is 2. The molecule has 11 nitrogen and oxygen atoms in total. The van der Waals surface area contributed by atoms with Crippen LogP contribution in [0, 0.1) is 6.92 Å². The molecule has 3 heterocycles. The lowest BCUT2D eigenvalue weighted by molar-refractivity contribution is -0.135. The quantitative estimate of drug-likeness (QED) is 0.315. The highest BCUT2D eigenvalue weighted by Gasteiger charge is 2.51. The summed E-state index contributed by atoms with van der Waals surface area (Å²) in [6, 6.07) is 7.53. The number of thiophene rings is 1. The standard InChI is InChI=1S/C30H38N4O7S/c1-5-30(3,28(31)37)34-26(36)23-17(2)24(25-32-14-15-40-25)42-27(23)33(29(34)38)16-22(20-8-6-7-9-21(20)39-4)41-19-12-10-18(35)11-13-19/h6-9,14-15,18-19,22,29,35,38H,5,10-13,16H2,1-4H3,(H2,31,37)/t18?,19?,22-,29?,30?/m0/s1. The molecule has 2 aliphatic rings. The molecule has 0 spiro atoms. The number of aliphatic hydroxyl groups is 2. The van der Waals surface area contributed by atoms with Gasteiger partial charge in [0.1, 0.15) is 28.7 Å². The SMILES string of the molecule is CCC(C)(C(N)=O)N1C(=O)c2c(sc(-c3ncco3)c2C)N(C[C@H](OC2CCC(O)CC2)c2ccccc2OC)C1O. The fraction of sp³-hybridized carbons (Fsp3) is 0.500. The van der Waals surface area contributed by atoms with Crippen LogP contribution in [0.4, 0.5) is 5.00 Å². The zero-order chi connectivity index (χ0) is 30.2. The van der Waals surface area contributed by atoms with Gasteiger partial charge in [0, 0.05) is 5.56 Å². The fourth-order valence-electron chi connectivity index (χ4n) is 5.82. The van der Waals surface area contributed by atoms with Crippen LogP contribution in [0.3, 0.4) is 0 Å². The Bertz CT molecular complexity index is 1420. The van der Waals surface area contributed by atoms with Crippen LogP contribution in [0.2, 0.25) is 0 Å². The number of methoxy groups -OCH3 is 1. The molecule has 1 aliphatic carbocycles. The third-order valence-corrected chi connectivity index (χ3v) is 9.87.